The summed E-state index contributed by atoms with van der Waals surface area (Å²) in [5.74, 6) is 0.888. The smallest absolute Gasteiger partial charge is 0.416 e. The molecular weight excluding hydrogens is 369 g/mol. The molecule has 3 aliphatic rings. The third-order valence-electron chi connectivity index (χ3n) is 6.39. The number of aliphatic hydroxyl groups excluding tert-OH is 1. The minimum Gasteiger partial charge on any atom is -0.507 e. The molecule has 0 radical (unpaired) electrons. The number of hydrogen-bond donors (Lipinski definition) is 2. The van der Waals surface area contributed by atoms with Crippen LogP contribution in [0.3, 0.4) is 0 Å². The number of hydrogen-bond acceptors (Lipinski definition) is 4. The first-order valence-corrected chi connectivity index (χ1v) is 9.67. The molecule has 150 valence electrons. The second-order valence-electron chi connectivity index (χ2n) is 8.16. The normalized spacial score (nSPS) is 25.7. The Balaban J connectivity index is 1.60. The van der Waals surface area contributed by atoms with Gasteiger partial charge in [0.25, 0.3) is 0 Å². The van der Waals surface area contributed by atoms with E-state index >= 15 is 0 Å². The Morgan fingerprint density at radius 1 is 1.07 bits per heavy atom. The summed E-state index contributed by atoms with van der Waals surface area (Å²) in [6.45, 7) is 1.75. The van der Waals surface area contributed by atoms with Gasteiger partial charge in [0.2, 0.25) is 0 Å². The molecule has 0 spiro atoms. The summed E-state index contributed by atoms with van der Waals surface area (Å²) in [5, 5.41) is 29.2. The van der Waals surface area contributed by atoms with Crippen LogP contribution in [-0.2, 0) is 6.18 Å². The van der Waals surface area contributed by atoms with E-state index in [-0.39, 0.29) is 11.5 Å². The van der Waals surface area contributed by atoms with E-state index in [4.69, 9.17) is 0 Å². The molecule has 1 unspecified atom stereocenters. The minimum atomic E-state index is -4.52. The molecule has 2 atom stereocenters. The lowest BCUT2D eigenvalue weighted by molar-refractivity contribution is -0.137. The lowest BCUT2D eigenvalue weighted by Crippen LogP contribution is -2.35. The standard InChI is InChI=1S/C21H23F3N2O2/c1-11-8-17(20(28)16-9-12-2-4-13(16)5-3-12)25-26-19(11)15-7-6-14(10-18(15)27)21(22,23)24/h6-8,10,12-13,16,20,27-28H,2-5,9H2,1H3/t12?,13?,16?,20-/m1/s1. The molecule has 1 heterocycles. The zero-order valence-electron chi connectivity index (χ0n) is 15.6. The summed E-state index contributed by atoms with van der Waals surface area (Å²) in [6, 6.07) is 4.54. The third-order valence-corrected chi connectivity index (χ3v) is 6.39. The highest BCUT2D eigenvalue weighted by molar-refractivity contribution is 5.69. The fourth-order valence-corrected chi connectivity index (χ4v) is 4.86. The second-order valence-corrected chi connectivity index (χ2v) is 8.16. The van der Waals surface area contributed by atoms with Crippen molar-refractivity contribution >= 4 is 0 Å². The molecule has 5 rings (SSSR count). The minimum absolute atomic E-state index is 0.187. The predicted molar refractivity (Wildman–Crippen MR) is 97.4 cm³/mol. The van der Waals surface area contributed by atoms with Crippen LogP contribution in [0.2, 0.25) is 0 Å². The van der Waals surface area contributed by atoms with Gasteiger partial charge in [0.1, 0.15) is 11.9 Å². The van der Waals surface area contributed by atoms with Gasteiger partial charge in [0.05, 0.1) is 17.0 Å². The van der Waals surface area contributed by atoms with Gasteiger partial charge in [-0.1, -0.05) is 12.8 Å². The van der Waals surface area contributed by atoms with Crippen molar-refractivity contribution in [3.05, 3.63) is 41.1 Å². The maximum atomic E-state index is 12.8. The number of phenolic OH excluding ortho intramolecular Hbond substituents is 1. The van der Waals surface area contributed by atoms with Crippen molar-refractivity contribution in [3.63, 3.8) is 0 Å². The molecule has 3 aliphatic carbocycles. The van der Waals surface area contributed by atoms with Crippen LogP contribution < -0.4 is 0 Å². The SMILES string of the molecule is Cc1cc([C@H](O)C2CC3CCC2CC3)nnc1-c1ccc(C(F)(F)F)cc1O. The maximum absolute atomic E-state index is 12.8. The van der Waals surface area contributed by atoms with Crippen LogP contribution in [0, 0.1) is 24.7 Å². The molecule has 2 N–H and O–H groups in total. The topological polar surface area (TPSA) is 66.2 Å². The van der Waals surface area contributed by atoms with Crippen LogP contribution >= 0.6 is 0 Å². The van der Waals surface area contributed by atoms with Gasteiger partial charge in [-0.05, 0) is 73.8 Å². The van der Waals surface area contributed by atoms with Crippen molar-refractivity contribution in [2.45, 2.75) is 51.3 Å². The maximum Gasteiger partial charge on any atom is 0.416 e. The highest BCUT2D eigenvalue weighted by Crippen LogP contribution is 2.49. The molecule has 1 aromatic carbocycles. The Morgan fingerprint density at radius 2 is 1.79 bits per heavy atom. The number of aliphatic hydroxyl groups is 1. The molecule has 28 heavy (non-hydrogen) atoms. The van der Waals surface area contributed by atoms with Crippen molar-refractivity contribution < 1.29 is 23.4 Å². The molecule has 1 aromatic heterocycles. The quantitative estimate of drug-likeness (QED) is 0.768. The highest BCUT2D eigenvalue weighted by Gasteiger charge is 2.40. The molecule has 3 saturated carbocycles. The Hall–Kier alpha value is -2.15. The largest absolute Gasteiger partial charge is 0.507 e. The molecule has 3 fully saturated rings. The van der Waals surface area contributed by atoms with E-state index in [0.717, 1.165) is 25.3 Å². The van der Waals surface area contributed by atoms with Crippen LogP contribution in [0.25, 0.3) is 11.3 Å². The van der Waals surface area contributed by atoms with Crippen molar-refractivity contribution in [3.8, 4) is 17.0 Å². The van der Waals surface area contributed by atoms with Gasteiger partial charge in [0, 0.05) is 5.56 Å². The van der Waals surface area contributed by atoms with Crippen molar-refractivity contribution in [1.29, 1.82) is 0 Å². The number of halogens is 3. The Labute approximate surface area is 161 Å². The molecular formula is C21H23F3N2O2. The first-order valence-electron chi connectivity index (χ1n) is 9.67. The predicted octanol–water partition coefficient (Wildman–Crippen LogP) is 5.04. The molecule has 0 saturated heterocycles. The number of aryl methyl sites for hydroxylation is 1. The van der Waals surface area contributed by atoms with Crippen molar-refractivity contribution in [2.24, 2.45) is 17.8 Å². The summed E-state index contributed by atoms with van der Waals surface area (Å²) in [5.41, 5.74) is 0.729. The number of nitrogens with zero attached hydrogens (tertiary/aromatic N) is 2. The average Bonchev–Trinajstić information content (AvgIpc) is 2.68. The molecule has 0 amide bonds. The van der Waals surface area contributed by atoms with E-state index in [0.29, 0.717) is 34.9 Å². The molecule has 4 nitrogen and oxygen atoms in total. The Kier molecular flexibility index (Phi) is 4.81. The fraction of sp³-hybridized carbons (Fsp3) is 0.524. The van der Waals surface area contributed by atoms with Gasteiger partial charge in [-0.25, -0.2) is 0 Å². The van der Waals surface area contributed by atoms with Gasteiger partial charge < -0.3 is 10.2 Å². The molecule has 7 heteroatoms. The van der Waals surface area contributed by atoms with E-state index in [9.17, 15) is 23.4 Å². The fourth-order valence-electron chi connectivity index (χ4n) is 4.86. The van der Waals surface area contributed by atoms with Gasteiger partial charge in [-0.15, -0.1) is 5.10 Å². The number of rotatable bonds is 3. The first kappa shape index (κ1) is 19.2. The number of alkyl halides is 3. The number of fused-ring (bicyclic) bond motifs is 3. The lowest BCUT2D eigenvalue weighted by atomic mass is 9.63. The number of benzene rings is 1. The van der Waals surface area contributed by atoms with E-state index in [1.54, 1.807) is 13.0 Å². The lowest BCUT2D eigenvalue weighted by Gasteiger charge is -2.44. The summed E-state index contributed by atoms with van der Waals surface area (Å²) in [6.07, 6.45) is 0.578. The molecule has 2 bridgehead atoms. The van der Waals surface area contributed by atoms with Gasteiger partial charge in [0.15, 0.2) is 0 Å². The summed E-state index contributed by atoms with van der Waals surface area (Å²) in [7, 11) is 0. The van der Waals surface area contributed by atoms with Crippen LogP contribution in [0.1, 0.15) is 55.0 Å². The number of aromatic nitrogens is 2. The van der Waals surface area contributed by atoms with Crippen molar-refractivity contribution in [2.75, 3.05) is 0 Å². The summed E-state index contributed by atoms with van der Waals surface area (Å²) >= 11 is 0. The van der Waals surface area contributed by atoms with Gasteiger partial charge >= 0.3 is 6.18 Å². The van der Waals surface area contributed by atoms with Crippen molar-refractivity contribution in [1.82, 2.24) is 10.2 Å². The number of phenols is 1. The Bertz CT molecular complexity index is 876. The van der Waals surface area contributed by atoms with Gasteiger partial charge in [-0.2, -0.15) is 18.3 Å². The Morgan fingerprint density at radius 3 is 2.32 bits per heavy atom. The van der Waals surface area contributed by atoms with Crippen LogP contribution in [-0.4, -0.2) is 20.4 Å². The van der Waals surface area contributed by atoms with Crippen LogP contribution in [0.4, 0.5) is 13.2 Å². The van der Waals surface area contributed by atoms with Crippen LogP contribution in [0.15, 0.2) is 24.3 Å². The summed E-state index contributed by atoms with van der Waals surface area (Å²) in [4.78, 5) is 0. The average molecular weight is 392 g/mol. The zero-order chi connectivity index (χ0) is 20.1. The summed E-state index contributed by atoms with van der Waals surface area (Å²) < 4.78 is 38.4. The monoisotopic (exact) mass is 392 g/mol. The first-order chi connectivity index (χ1) is 13.2. The second kappa shape index (κ2) is 7.03. The van der Waals surface area contributed by atoms with E-state index in [2.05, 4.69) is 10.2 Å². The highest BCUT2D eigenvalue weighted by atomic mass is 19.4. The van der Waals surface area contributed by atoms with Crippen LogP contribution in [0.5, 0.6) is 5.75 Å². The van der Waals surface area contributed by atoms with E-state index < -0.39 is 23.6 Å². The van der Waals surface area contributed by atoms with E-state index in [1.807, 2.05) is 0 Å². The molecule has 0 aliphatic heterocycles. The zero-order valence-corrected chi connectivity index (χ0v) is 15.6. The number of aromatic hydroxyl groups is 1. The van der Waals surface area contributed by atoms with E-state index in [1.165, 1.54) is 18.9 Å². The third kappa shape index (κ3) is 3.48. The molecule has 2 aromatic rings. The van der Waals surface area contributed by atoms with Gasteiger partial charge in [-0.3, -0.25) is 0 Å².